The van der Waals surface area contributed by atoms with Crippen LogP contribution < -0.4 is 5.32 Å². The molecule has 0 bridgehead atoms. The molecule has 0 radical (unpaired) electrons. The number of hydrogen-bond donors (Lipinski definition) is 2. The number of carbonyl (C=O) groups excluding carboxylic acids is 1. The standard InChI is InChI=1S/C15H18N2OS/c1-4-10(3)17-15(18)11-5-6-16-14-12(11)7-9(2)8-13(14)19/h5-8,10,19H,4H2,1-3H3,(H,17,18). The first-order valence-electron chi connectivity index (χ1n) is 6.42. The van der Waals surface area contributed by atoms with Crippen LogP contribution in [0, 0.1) is 6.92 Å². The number of aromatic nitrogens is 1. The number of amides is 1. The lowest BCUT2D eigenvalue weighted by atomic mass is 10.1. The van der Waals surface area contributed by atoms with Crippen LogP contribution >= 0.6 is 12.6 Å². The molecule has 0 aliphatic rings. The number of nitrogens with zero attached hydrogens (tertiary/aromatic N) is 1. The van der Waals surface area contributed by atoms with E-state index < -0.39 is 0 Å². The predicted molar refractivity (Wildman–Crippen MR) is 81.0 cm³/mol. The number of carbonyl (C=O) groups is 1. The second-order valence-electron chi connectivity index (χ2n) is 4.82. The molecule has 1 aromatic carbocycles. The van der Waals surface area contributed by atoms with Crippen molar-refractivity contribution < 1.29 is 4.79 Å². The summed E-state index contributed by atoms with van der Waals surface area (Å²) in [5.41, 5.74) is 2.50. The van der Waals surface area contributed by atoms with E-state index in [1.54, 1.807) is 12.3 Å². The van der Waals surface area contributed by atoms with Gasteiger partial charge in [-0.1, -0.05) is 6.92 Å². The minimum Gasteiger partial charge on any atom is -0.350 e. The summed E-state index contributed by atoms with van der Waals surface area (Å²) in [6.45, 7) is 6.03. The van der Waals surface area contributed by atoms with Crippen LogP contribution in [0.2, 0.25) is 0 Å². The van der Waals surface area contributed by atoms with Gasteiger partial charge >= 0.3 is 0 Å². The summed E-state index contributed by atoms with van der Waals surface area (Å²) < 4.78 is 0. The monoisotopic (exact) mass is 274 g/mol. The Morgan fingerprint density at radius 2 is 2.21 bits per heavy atom. The highest BCUT2D eigenvalue weighted by Gasteiger charge is 2.13. The average Bonchev–Trinajstić information content (AvgIpc) is 2.37. The quantitative estimate of drug-likeness (QED) is 0.843. The molecule has 0 aliphatic heterocycles. The lowest BCUT2D eigenvalue weighted by Crippen LogP contribution is -2.32. The van der Waals surface area contributed by atoms with Gasteiger partial charge in [0.1, 0.15) is 0 Å². The van der Waals surface area contributed by atoms with Gasteiger partial charge in [-0.05, 0) is 44.0 Å². The highest BCUT2D eigenvalue weighted by atomic mass is 32.1. The van der Waals surface area contributed by atoms with Crippen molar-refractivity contribution in [3.63, 3.8) is 0 Å². The Balaban J connectivity index is 2.52. The number of hydrogen-bond acceptors (Lipinski definition) is 3. The number of fused-ring (bicyclic) bond motifs is 1. The van der Waals surface area contributed by atoms with Gasteiger partial charge in [0.15, 0.2) is 0 Å². The molecule has 19 heavy (non-hydrogen) atoms. The fourth-order valence-electron chi connectivity index (χ4n) is 1.98. The summed E-state index contributed by atoms with van der Waals surface area (Å²) in [6.07, 6.45) is 2.56. The molecule has 1 amide bonds. The second-order valence-corrected chi connectivity index (χ2v) is 5.30. The minimum atomic E-state index is -0.0555. The van der Waals surface area contributed by atoms with Crippen molar-refractivity contribution >= 4 is 29.4 Å². The van der Waals surface area contributed by atoms with Gasteiger partial charge in [0, 0.05) is 22.5 Å². The van der Waals surface area contributed by atoms with E-state index in [1.165, 1.54) is 0 Å². The molecule has 0 saturated heterocycles. The normalized spacial score (nSPS) is 12.4. The van der Waals surface area contributed by atoms with Gasteiger partial charge in [0.05, 0.1) is 11.1 Å². The third kappa shape index (κ3) is 2.89. The van der Waals surface area contributed by atoms with E-state index in [2.05, 4.69) is 22.9 Å². The molecule has 2 rings (SSSR count). The zero-order valence-corrected chi connectivity index (χ0v) is 12.3. The first-order chi connectivity index (χ1) is 9.02. The lowest BCUT2D eigenvalue weighted by molar-refractivity contribution is 0.0941. The zero-order valence-electron chi connectivity index (χ0n) is 11.4. The van der Waals surface area contributed by atoms with Crippen LogP contribution in [0.1, 0.15) is 36.2 Å². The second kappa shape index (κ2) is 5.61. The van der Waals surface area contributed by atoms with E-state index in [0.717, 1.165) is 27.8 Å². The van der Waals surface area contributed by atoms with Crippen molar-refractivity contribution in [2.24, 2.45) is 0 Å². The smallest absolute Gasteiger partial charge is 0.252 e. The molecule has 1 heterocycles. The van der Waals surface area contributed by atoms with Gasteiger partial charge in [-0.15, -0.1) is 12.6 Å². The van der Waals surface area contributed by atoms with Crippen LogP contribution in [0.4, 0.5) is 0 Å². The molecule has 100 valence electrons. The third-order valence-corrected chi connectivity index (χ3v) is 3.54. The Kier molecular flexibility index (Phi) is 4.10. The van der Waals surface area contributed by atoms with Crippen LogP contribution in [-0.2, 0) is 0 Å². The van der Waals surface area contributed by atoms with Crippen LogP contribution in [0.5, 0.6) is 0 Å². The van der Waals surface area contributed by atoms with Crippen LogP contribution in [0.25, 0.3) is 10.9 Å². The highest BCUT2D eigenvalue weighted by Crippen LogP contribution is 2.24. The molecule has 4 heteroatoms. The molecule has 1 unspecified atom stereocenters. The first-order valence-corrected chi connectivity index (χ1v) is 6.86. The van der Waals surface area contributed by atoms with Crippen molar-refractivity contribution in [3.8, 4) is 0 Å². The number of thiol groups is 1. The van der Waals surface area contributed by atoms with Crippen LogP contribution in [0.3, 0.4) is 0 Å². The van der Waals surface area contributed by atoms with Gasteiger partial charge in [-0.2, -0.15) is 0 Å². The van der Waals surface area contributed by atoms with E-state index in [0.29, 0.717) is 5.56 Å². The number of rotatable bonds is 3. The predicted octanol–water partition coefficient (Wildman–Crippen LogP) is 3.36. The Bertz CT molecular complexity index is 625. The Hall–Kier alpha value is -1.55. The fourth-order valence-corrected chi connectivity index (χ4v) is 2.36. The number of pyridine rings is 1. The summed E-state index contributed by atoms with van der Waals surface area (Å²) in [4.78, 5) is 17.4. The summed E-state index contributed by atoms with van der Waals surface area (Å²) in [7, 11) is 0. The van der Waals surface area contributed by atoms with E-state index in [1.807, 2.05) is 32.9 Å². The lowest BCUT2D eigenvalue weighted by Gasteiger charge is -2.13. The maximum absolute atomic E-state index is 12.3. The van der Waals surface area contributed by atoms with Crippen molar-refractivity contribution in [2.75, 3.05) is 0 Å². The van der Waals surface area contributed by atoms with E-state index in [9.17, 15) is 4.79 Å². The van der Waals surface area contributed by atoms with E-state index >= 15 is 0 Å². The van der Waals surface area contributed by atoms with Crippen LogP contribution in [0.15, 0.2) is 29.3 Å². The van der Waals surface area contributed by atoms with Crippen molar-refractivity contribution in [3.05, 3.63) is 35.5 Å². The van der Waals surface area contributed by atoms with Gasteiger partial charge < -0.3 is 5.32 Å². The van der Waals surface area contributed by atoms with Crippen LogP contribution in [-0.4, -0.2) is 16.9 Å². The maximum Gasteiger partial charge on any atom is 0.252 e. The summed E-state index contributed by atoms with van der Waals surface area (Å²) in [5, 5.41) is 3.84. The molecule has 0 saturated carbocycles. The van der Waals surface area contributed by atoms with Crippen molar-refractivity contribution in [1.29, 1.82) is 0 Å². The molecule has 3 nitrogen and oxygen atoms in total. The largest absolute Gasteiger partial charge is 0.350 e. The molecule has 0 spiro atoms. The topological polar surface area (TPSA) is 42.0 Å². The average molecular weight is 274 g/mol. The Labute approximate surface area is 118 Å². The summed E-state index contributed by atoms with van der Waals surface area (Å²) in [5.74, 6) is -0.0555. The molecule has 1 atom stereocenters. The molecule has 0 fully saturated rings. The van der Waals surface area contributed by atoms with E-state index in [-0.39, 0.29) is 11.9 Å². The van der Waals surface area contributed by atoms with Gasteiger partial charge in [-0.3, -0.25) is 9.78 Å². The molecule has 0 aliphatic carbocycles. The summed E-state index contributed by atoms with van der Waals surface area (Å²) >= 11 is 4.43. The highest BCUT2D eigenvalue weighted by molar-refractivity contribution is 7.80. The number of benzene rings is 1. The minimum absolute atomic E-state index is 0.0555. The maximum atomic E-state index is 12.3. The van der Waals surface area contributed by atoms with Crippen molar-refractivity contribution in [2.45, 2.75) is 38.1 Å². The number of aryl methyl sites for hydroxylation is 1. The zero-order chi connectivity index (χ0) is 14.0. The molecule has 1 N–H and O–H groups in total. The van der Waals surface area contributed by atoms with Gasteiger partial charge in [0.25, 0.3) is 5.91 Å². The molecular weight excluding hydrogens is 256 g/mol. The van der Waals surface area contributed by atoms with Gasteiger partial charge in [-0.25, -0.2) is 0 Å². The fraction of sp³-hybridized carbons (Fsp3) is 0.333. The summed E-state index contributed by atoms with van der Waals surface area (Å²) in [6, 6.07) is 5.85. The first kappa shape index (κ1) is 13.9. The Morgan fingerprint density at radius 1 is 1.47 bits per heavy atom. The van der Waals surface area contributed by atoms with E-state index in [4.69, 9.17) is 0 Å². The third-order valence-electron chi connectivity index (χ3n) is 3.20. The molecule has 1 aromatic heterocycles. The number of nitrogens with one attached hydrogen (secondary N) is 1. The Morgan fingerprint density at radius 3 is 2.89 bits per heavy atom. The molecular formula is C15H18N2OS. The van der Waals surface area contributed by atoms with Gasteiger partial charge in [0.2, 0.25) is 0 Å². The SMILES string of the molecule is CCC(C)NC(=O)c1ccnc2c(S)cc(C)cc12. The van der Waals surface area contributed by atoms with Crippen molar-refractivity contribution in [1.82, 2.24) is 10.3 Å². The molecule has 2 aromatic rings.